The predicted molar refractivity (Wildman–Crippen MR) is 80.9 cm³/mol. The highest BCUT2D eigenvalue weighted by molar-refractivity contribution is 5.76. The highest BCUT2D eigenvalue weighted by atomic mass is 16.1. The molecule has 3 N–H and O–H groups in total. The van der Waals surface area contributed by atoms with Crippen molar-refractivity contribution in [2.45, 2.75) is 71.1 Å². The number of hydrogen-bond acceptors (Lipinski definition) is 2. The molecule has 0 aromatic heterocycles. The van der Waals surface area contributed by atoms with Crippen LogP contribution in [0.5, 0.6) is 0 Å². The van der Waals surface area contributed by atoms with Crippen LogP contribution in [0.3, 0.4) is 0 Å². The molecule has 1 fully saturated rings. The van der Waals surface area contributed by atoms with Gasteiger partial charge in [0.25, 0.3) is 0 Å². The first-order valence-corrected chi connectivity index (χ1v) is 8.23. The highest BCUT2D eigenvalue weighted by Crippen LogP contribution is 2.25. The summed E-state index contributed by atoms with van der Waals surface area (Å²) in [4.78, 5) is 12.0. The van der Waals surface area contributed by atoms with Gasteiger partial charge in [-0.1, -0.05) is 39.0 Å². The third-order valence-electron chi connectivity index (χ3n) is 4.31. The monoisotopic (exact) mass is 268 g/mol. The topological polar surface area (TPSA) is 55.1 Å². The first-order valence-electron chi connectivity index (χ1n) is 8.23. The standard InChI is InChI=1S/C16H32N2O/c1-2-7-15(10-11-17)13-18-16(19)12-14-8-5-3-4-6-9-14/h14-15H,2-13,17H2,1H3,(H,18,19). The quantitative estimate of drug-likeness (QED) is 0.664. The van der Waals surface area contributed by atoms with Crippen LogP contribution in [0.1, 0.15) is 71.1 Å². The molecule has 1 saturated carbocycles. The number of rotatable bonds is 8. The van der Waals surface area contributed by atoms with Gasteiger partial charge >= 0.3 is 0 Å². The molecule has 0 aromatic carbocycles. The molecule has 1 unspecified atom stereocenters. The molecule has 112 valence electrons. The lowest BCUT2D eigenvalue weighted by atomic mass is 9.95. The molecule has 3 heteroatoms. The van der Waals surface area contributed by atoms with Crippen molar-refractivity contribution in [3.63, 3.8) is 0 Å². The Morgan fingerprint density at radius 1 is 1.21 bits per heavy atom. The minimum absolute atomic E-state index is 0.255. The van der Waals surface area contributed by atoms with Crippen molar-refractivity contribution in [1.82, 2.24) is 5.32 Å². The van der Waals surface area contributed by atoms with Crippen LogP contribution >= 0.6 is 0 Å². The van der Waals surface area contributed by atoms with E-state index >= 15 is 0 Å². The second kappa shape index (κ2) is 10.2. The van der Waals surface area contributed by atoms with E-state index in [2.05, 4.69) is 12.2 Å². The van der Waals surface area contributed by atoms with Crippen molar-refractivity contribution in [3.8, 4) is 0 Å². The van der Waals surface area contributed by atoms with Crippen LogP contribution in [0, 0.1) is 11.8 Å². The maximum Gasteiger partial charge on any atom is 0.220 e. The second-order valence-electron chi connectivity index (χ2n) is 6.10. The normalized spacial score (nSPS) is 18.8. The Labute approximate surface area is 118 Å². The molecule has 1 aliphatic carbocycles. The van der Waals surface area contributed by atoms with E-state index < -0.39 is 0 Å². The van der Waals surface area contributed by atoms with Gasteiger partial charge in [0.1, 0.15) is 0 Å². The zero-order chi connectivity index (χ0) is 13.9. The van der Waals surface area contributed by atoms with Crippen LogP contribution in [0.4, 0.5) is 0 Å². The summed E-state index contributed by atoms with van der Waals surface area (Å²) in [5, 5.41) is 3.13. The second-order valence-corrected chi connectivity index (χ2v) is 6.10. The Hall–Kier alpha value is -0.570. The van der Waals surface area contributed by atoms with E-state index in [0.717, 1.165) is 25.9 Å². The van der Waals surface area contributed by atoms with Crippen LogP contribution in [0.25, 0.3) is 0 Å². The van der Waals surface area contributed by atoms with Gasteiger partial charge in [-0.2, -0.15) is 0 Å². The van der Waals surface area contributed by atoms with Crippen LogP contribution in [-0.4, -0.2) is 19.0 Å². The van der Waals surface area contributed by atoms with Gasteiger partial charge in [-0.15, -0.1) is 0 Å². The van der Waals surface area contributed by atoms with Gasteiger partial charge in [0.15, 0.2) is 0 Å². The fraction of sp³-hybridized carbons (Fsp3) is 0.938. The molecule has 3 nitrogen and oxygen atoms in total. The number of nitrogens with one attached hydrogen (secondary N) is 1. The summed E-state index contributed by atoms with van der Waals surface area (Å²) in [7, 11) is 0. The first kappa shape index (κ1) is 16.5. The number of carbonyl (C=O) groups excluding carboxylic acids is 1. The smallest absolute Gasteiger partial charge is 0.220 e. The van der Waals surface area contributed by atoms with Crippen molar-refractivity contribution in [2.75, 3.05) is 13.1 Å². The van der Waals surface area contributed by atoms with Crippen molar-refractivity contribution >= 4 is 5.91 Å². The van der Waals surface area contributed by atoms with E-state index in [0.29, 0.717) is 11.8 Å². The predicted octanol–water partition coefficient (Wildman–Crippen LogP) is 3.23. The largest absolute Gasteiger partial charge is 0.356 e. The van der Waals surface area contributed by atoms with E-state index in [1.165, 1.54) is 51.4 Å². The third kappa shape index (κ3) is 7.56. The molecular formula is C16H32N2O. The molecule has 1 amide bonds. The Balaban J connectivity index is 2.21. The van der Waals surface area contributed by atoms with E-state index in [1.54, 1.807) is 0 Å². The summed E-state index contributed by atoms with van der Waals surface area (Å²) in [5.74, 6) is 1.44. The number of carbonyl (C=O) groups is 1. The van der Waals surface area contributed by atoms with Crippen LogP contribution in [0.15, 0.2) is 0 Å². The Morgan fingerprint density at radius 2 is 1.89 bits per heavy atom. The van der Waals surface area contributed by atoms with Gasteiger partial charge in [-0.25, -0.2) is 0 Å². The van der Waals surface area contributed by atoms with Gasteiger partial charge in [0.2, 0.25) is 5.91 Å². The fourth-order valence-corrected chi connectivity index (χ4v) is 3.15. The molecule has 19 heavy (non-hydrogen) atoms. The number of hydrogen-bond donors (Lipinski definition) is 2. The average molecular weight is 268 g/mol. The van der Waals surface area contributed by atoms with Crippen LogP contribution in [-0.2, 0) is 4.79 Å². The minimum Gasteiger partial charge on any atom is -0.356 e. The lowest BCUT2D eigenvalue weighted by Gasteiger charge is -2.18. The SMILES string of the molecule is CCCC(CCN)CNC(=O)CC1CCCCCC1. The molecule has 0 heterocycles. The lowest BCUT2D eigenvalue weighted by molar-refractivity contribution is -0.122. The molecule has 1 atom stereocenters. The maximum atomic E-state index is 12.0. The molecule has 0 radical (unpaired) electrons. The van der Waals surface area contributed by atoms with Crippen LogP contribution < -0.4 is 11.1 Å². The number of amides is 1. The summed E-state index contributed by atoms with van der Waals surface area (Å²) >= 11 is 0. The third-order valence-corrected chi connectivity index (χ3v) is 4.31. The zero-order valence-corrected chi connectivity index (χ0v) is 12.6. The summed E-state index contributed by atoms with van der Waals surface area (Å²) in [6.07, 6.45) is 11.9. The van der Waals surface area contributed by atoms with Gasteiger partial charge in [0, 0.05) is 13.0 Å². The van der Waals surface area contributed by atoms with Crippen molar-refractivity contribution < 1.29 is 4.79 Å². The Morgan fingerprint density at radius 3 is 2.47 bits per heavy atom. The number of nitrogens with two attached hydrogens (primary N) is 1. The molecule has 0 spiro atoms. The van der Waals surface area contributed by atoms with Crippen LogP contribution in [0.2, 0.25) is 0 Å². The van der Waals surface area contributed by atoms with Gasteiger partial charge < -0.3 is 11.1 Å². The first-order chi connectivity index (χ1) is 9.26. The molecule has 0 aliphatic heterocycles. The van der Waals surface area contributed by atoms with Gasteiger partial charge in [0.05, 0.1) is 0 Å². The minimum atomic E-state index is 0.255. The molecule has 1 aliphatic rings. The van der Waals surface area contributed by atoms with E-state index in [-0.39, 0.29) is 5.91 Å². The molecule has 1 rings (SSSR count). The van der Waals surface area contributed by atoms with E-state index in [1.807, 2.05) is 0 Å². The molecular weight excluding hydrogens is 236 g/mol. The van der Waals surface area contributed by atoms with Crippen molar-refractivity contribution in [2.24, 2.45) is 17.6 Å². The lowest BCUT2D eigenvalue weighted by Crippen LogP contribution is -2.31. The van der Waals surface area contributed by atoms with E-state index in [4.69, 9.17) is 5.73 Å². The maximum absolute atomic E-state index is 12.0. The summed E-state index contributed by atoms with van der Waals surface area (Å²) in [5.41, 5.74) is 5.62. The molecule has 0 saturated heterocycles. The average Bonchev–Trinajstić information content (AvgIpc) is 2.65. The zero-order valence-electron chi connectivity index (χ0n) is 12.6. The van der Waals surface area contributed by atoms with Crippen molar-refractivity contribution in [3.05, 3.63) is 0 Å². The van der Waals surface area contributed by atoms with E-state index in [9.17, 15) is 4.79 Å². The molecule has 0 bridgehead atoms. The van der Waals surface area contributed by atoms with Gasteiger partial charge in [-0.3, -0.25) is 4.79 Å². The Bertz CT molecular complexity index is 229. The Kier molecular flexibility index (Phi) is 8.89. The fourth-order valence-electron chi connectivity index (χ4n) is 3.15. The van der Waals surface area contributed by atoms with Crippen molar-refractivity contribution in [1.29, 1.82) is 0 Å². The highest BCUT2D eigenvalue weighted by Gasteiger charge is 2.16. The molecule has 0 aromatic rings. The van der Waals surface area contributed by atoms with Gasteiger partial charge in [-0.05, 0) is 44.1 Å². The summed E-state index contributed by atoms with van der Waals surface area (Å²) < 4.78 is 0. The summed E-state index contributed by atoms with van der Waals surface area (Å²) in [6.45, 7) is 3.73. The summed E-state index contributed by atoms with van der Waals surface area (Å²) in [6, 6.07) is 0.